The van der Waals surface area contributed by atoms with E-state index in [1.54, 1.807) is 13.2 Å². The number of fused-ring (bicyclic) bond motifs is 1. The van der Waals surface area contributed by atoms with E-state index >= 15 is 0 Å². The number of carbonyl (C=O) groups excluding carboxylic acids is 2. The molecule has 0 fully saturated rings. The fourth-order valence-electron chi connectivity index (χ4n) is 2.93. The molecule has 1 aromatic heterocycles. The maximum absolute atomic E-state index is 12.3. The number of benzene rings is 1. The molecule has 0 aliphatic heterocycles. The second kappa shape index (κ2) is 7.53. The quantitative estimate of drug-likeness (QED) is 0.655. The Kier molecular flexibility index (Phi) is 5.19. The molecule has 0 bridgehead atoms. The van der Waals surface area contributed by atoms with Gasteiger partial charge in [0.25, 0.3) is 0 Å². The first-order valence-electron chi connectivity index (χ1n) is 7.99. The first-order valence-corrected chi connectivity index (χ1v) is 8.80. The molecule has 5 nitrogen and oxygen atoms in total. The van der Waals surface area contributed by atoms with Gasteiger partial charge in [-0.05, 0) is 37.0 Å². The summed E-state index contributed by atoms with van der Waals surface area (Å²) in [6.45, 7) is 0. The van der Waals surface area contributed by atoms with E-state index in [4.69, 9.17) is 9.47 Å². The highest BCUT2D eigenvalue weighted by Gasteiger charge is 2.27. The summed E-state index contributed by atoms with van der Waals surface area (Å²) >= 11 is 1.46. The van der Waals surface area contributed by atoms with Crippen molar-refractivity contribution in [3.05, 3.63) is 51.9 Å². The number of carbonyl (C=O) groups is 2. The van der Waals surface area contributed by atoms with Gasteiger partial charge in [-0.2, -0.15) is 0 Å². The van der Waals surface area contributed by atoms with Crippen molar-refractivity contribution in [3.8, 4) is 5.75 Å². The van der Waals surface area contributed by atoms with Gasteiger partial charge in [0.05, 0.1) is 19.8 Å². The normalized spacial score (nSPS) is 12.9. The summed E-state index contributed by atoms with van der Waals surface area (Å²) in [5, 5.41) is 3.38. The molecule has 6 heteroatoms. The van der Waals surface area contributed by atoms with E-state index in [9.17, 15) is 9.59 Å². The number of thiophene rings is 1. The lowest BCUT2D eigenvalue weighted by Crippen LogP contribution is -2.12. The van der Waals surface area contributed by atoms with Gasteiger partial charge in [-0.1, -0.05) is 18.2 Å². The lowest BCUT2D eigenvalue weighted by atomic mass is 10.1. The van der Waals surface area contributed by atoms with Crippen molar-refractivity contribution in [1.82, 2.24) is 0 Å². The highest BCUT2D eigenvalue weighted by Crippen LogP contribution is 2.39. The van der Waals surface area contributed by atoms with Gasteiger partial charge in [-0.25, -0.2) is 4.79 Å². The highest BCUT2D eigenvalue weighted by molar-refractivity contribution is 7.17. The molecule has 0 saturated heterocycles. The van der Waals surface area contributed by atoms with Crippen molar-refractivity contribution in [2.24, 2.45) is 0 Å². The van der Waals surface area contributed by atoms with Gasteiger partial charge in [0.1, 0.15) is 10.8 Å². The Bertz CT molecular complexity index is 838. The smallest absolute Gasteiger partial charge is 0.341 e. The molecule has 130 valence electrons. The van der Waals surface area contributed by atoms with Gasteiger partial charge in [0.2, 0.25) is 5.91 Å². The Morgan fingerprint density at radius 1 is 1.20 bits per heavy atom. The fraction of sp³-hybridized carbons (Fsp3) is 0.263. The van der Waals surface area contributed by atoms with Crippen LogP contribution in [0.25, 0.3) is 6.08 Å². The molecule has 0 saturated carbocycles. The van der Waals surface area contributed by atoms with Gasteiger partial charge in [0.15, 0.2) is 0 Å². The molecule has 1 aliphatic carbocycles. The number of rotatable bonds is 5. The summed E-state index contributed by atoms with van der Waals surface area (Å²) in [6, 6.07) is 7.43. The van der Waals surface area contributed by atoms with Gasteiger partial charge >= 0.3 is 5.97 Å². The molecule has 0 radical (unpaired) electrons. The molecule has 1 aliphatic rings. The van der Waals surface area contributed by atoms with E-state index < -0.39 is 5.97 Å². The third-order valence-corrected chi connectivity index (χ3v) is 5.31. The molecular weight excluding hydrogens is 338 g/mol. The minimum absolute atomic E-state index is 0.295. The van der Waals surface area contributed by atoms with Gasteiger partial charge < -0.3 is 14.8 Å². The monoisotopic (exact) mass is 357 g/mol. The largest absolute Gasteiger partial charge is 0.496 e. The lowest BCUT2D eigenvalue weighted by molar-refractivity contribution is -0.111. The zero-order valence-electron chi connectivity index (χ0n) is 14.1. The number of esters is 1. The van der Waals surface area contributed by atoms with E-state index in [2.05, 4.69) is 5.32 Å². The van der Waals surface area contributed by atoms with Crippen molar-refractivity contribution < 1.29 is 19.1 Å². The molecule has 3 rings (SSSR count). The van der Waals surface area contributed by atoms with Crippen LogP contribution in [0.2, 0.25) is 0 Å². The van der Waals surface area contributed by atoms with Crippen LogP contribution in [0.1, 0.15) is 32.8 Å². The van der Waals surface area contributed by atoms with Crippen molar-refractivity contribution >= 4 is 34.3 Å². The fourth-order valence-corrected chi connectivity index (χ4v) is 4.21. The Balaban J connectivity index is 1.80. The number of para-hydroxylation sites is 1. The molecule has 25 heavy (non-hydrogen) atoms. The van der Waals surface area contributed by atoms with Crippen molar-refractivity contribution in [3.63, 3.8) is 0 Å². The highest BCUT2D eigenvalue weighted by atomic mass is 32.1. The molecule has 0 atom stereocenters. The predicted octanol–water partition coefficient (Wildman–Crippen LogP) is 3.68. The van der Waals surface area contributed by atoms with Crippen LogP contribution in [0.15, 0.2) is 30.3 Å². The predicted molar refractivity (Wildman–Crippen MR) is 98.3 cm³/mol. The topological polar surface area (TPSA) is 64.6 Å². The Morgan fingerprint density at radius 3 is 2.76 bits per heavy atom. The maximum atomic E-state index is 12.3. The molecule has 0 unspecified atom stereocenters. The van der Waals surface area contributed by atoms with Crippen LogP contribution in [0, 0.1) is 0 Å². The van der Waals surface area contributed by atoms with Crippen LogP contribution >= 0.6 is 11.3 Å². The summed E-state index contributed by atoms with van der Waals surface area (Å²) in [6.07, 6.45) is 5.95. The third kappa shape index (κ3) is 3.58. The zero-order chi connectivity index (χ0) is 17.8. The van der Waals surface area contributed by atoms with E-state index in [-0.39, 0.29) is 5.91 Å². The summed E-state index contributed by atoms with van der Waals surface area (Å²) in [7, 11) is 2.94. The minimum Gasteiger partial charge on any atom is -0.496 e. The average molecular weight is 357 g/mol. The van der Waals surface area contributed by atoms with Crippen molar-refractivity contribution in [2.75, 3.05) is 19.5 Å². The second-order valence-corrected chi connectivity index (χ2v) is 6.72. The molecule has 0 spiro atoms. The van der Waals surface area contributed by atoms with Crippen LogP contribution in [0.5, 0.6) is 5.75 Å². The zero-order valence-corrected chi connectivity index (χ0v) is 14.9. The Labute approximate surface area is 150 Å². The third-order valence-electron chi connectivity index (χ3n) is 4.10. The molecule has 1 amide bonds. The standard InChI is InChI=1S/C19H19NO4S/c1-23-14-8-4-3-6-12(14)10-11-16(21)20-18-17(19(22)24-2)13-7-5-9-15(13)25-18/h3-4,6,8,10-11H,5,7,9H2,1-2H3,(H,20,21). The van der Waals surface area contributed by atoms with Gasteiger partial charge in [-0.3, -0.25) is 4.79 Å². The number of anilines is 1. The van der Waals surface area contributed by atoms with Crippen LogP contribution in [-0.4, -0.2) is 26.1 Å². The van der Waals surface area contributed by atoms with E-state index in [1.165, 1.54) is 24.5 Å². The number of ether oxygens (including phenoxy) is 2. The molecule has 1 N–H and O–H groups in total. The molecule has 1 heterocycles. The van der Waals surface area contributed by atoms with Crippen LogP contribution in [-0.2, 0) is 22.4 Å². The Morgan fingerprint density at radius 2 is 2.00 bits per heavy atom. The summed E-state index contributed by atoms with van der Waals surface area (Å²) in [5.41, 5.74) is 2.32. The number of methoxy groups -OCH3 is 2. The molecular formula is C19H19NO4S. The second-order valence-electron chi connectivity index (χ2n) is 5.62. The summed E-state index contributed by atoms with van der Waals surface area (Å²) < 4.78 is 10.1. The van der Waals surface area contributed by atoms with Crippen LogP contribution in [0.4, 0.5) is 5.00 Å². The molecule has 2 aromatic rings. The summed E-state index contributed by atoms with van der Waals surface area (Å²) in [5.74, 6) is -0.00343. The Hall–Kier alpha value is -2.60. The number of aryl methyl sites for hydroxylation is 1. The van der Waals surface area contributed by atoms with Crippen LogP contribution in [0.3, 0.4) is 0 Å². The lowest BCUT2D eigenvalue weighted by Gasteiger charge is -2.06. The maximum Gasteiger partial charge on any atom is 0.341 e. The van der Waals surface area contributed by atoms with Crippen molar-refractivity contribution in [2.45, 2.75) is 19.3 Å². The number of hydrogen-bond donors (Lipinski definition) is 1. The first-order chi connectivity index (χ1) is 12.1. The van der Waals surface area contributed by atoms with E-state index in [0.29, 0.717) is 16.3 Å². The SMILES string of the molecule is COC(=O)c1c(NC(=O)C=Cc2ccccc2OC)sc2c1CCC2. The number of hydrogen-bond acceptors (Lipinski definition) is 5. The van der Waals surface area contributed by atoms with E-state index in [0.717, 1.165) is 35.3 Å². The average Bonchev–Trinajstić information content (AvgIpc) is 3.20. The molecule has 1 aromatic carbocycles. The van der Waals surface area contributed by atoms with Crippen LogP contribution < -0.4 is 10.1 Å². The first kappa shape index (κ1) is 17.2. The minimum atomic E-state index is -0.400. The van der Waals surface area contributed by atoms with Gasteiger partial charge in [0, 0.05) is 16.5 Å². The van der Waals surface area contributed by atoms with Gasteiger partial charge in [-0.15, -0.1) is 11.3 Å². The summed E-state index contributed by atoms with van der Waals surface area (Å²) in [4.78, 5) is 25.5. The number of nitrogens with one attached hydrogen (secondary N) is 1. The number of amides is 1. The van der Waals surface area contributed by atoms with E-state index in [1.807, 2.05) is 24.3 Å². The van der Waals surface area contributed by atoms with Crippen molar-refractivity contribution in [1.29, 1.82) is 0 Å².